The third kappa shape index (κ3) is 11.0. The smallest absolute Gasteiger partial charge is 0.234 e. The fourth-order valence-corrected chi connectivity index (χ4v) is 11.6. The number of imide groups is 1. The SMILES string of the molecule is CCOc1cc(N2CCC(N3CCN(CCCc4cc(F)c(C5CCC(=O)NC5=O)c(F)c4)CC3)CC2)c(CC)cc1Nc1ncc(Br)c(Nc2cc(F)c3nc(CC)ccc3c2P(C)(C)=O)n1. The molecule has 3 N–H and O–H groups in total. The summed E-state index contributed by atoms with van der Waals surface area (Å²) < 4.78 is 66.3. The van der Waals surface area contributed by atoms with Crippen molar-refractivity contribution in [3.05, 3.63) is 93.0 Å². The van der Waals surface area contributed by atoms with Crippen molar-refractivity contribution in [3.63, 3.8) is 0 Å². The summed E-state index contributed by atoms with van der Waals surface area (Å²) in [6, 6.07) is 12.3. The minimum Gasteiger partial charge on any atom is -0.492 e. The van der Waals surface area contributed by atoms with Gasteiger partial charge >= 0.3 is 0 Å². The van der Waals surface area contributed by atoms with Crippen molar-refractivity contribution < 1.29 is 32.1 Å². The summed E-state index contributed by atoms with van der Waals surface area (Å²) >= 11 is 3.56. The molecule has 0 bridgehead atoms. The van der Waals surface area contributed by atoms with Crippen LogP contribution in [-0.4, -0.2) is 108 Å². The van der Waals surface area contributed by atoms with Gasteiger partial charge in [0, 0.05) is 97.7 Å². The van der Waals surface area contributed by atoms with Gasteiger partial charge in [0.15, 0.2) is 5.82 Å². The molecule has 0 spiro atoms. The van der Waals surface area contributed by atoms with Gasteiger partial charge in [-0.3, -0.25) is 19.8 Å². The van der Waals surface area contributed by atoms with Crippen molar-refractivity contribution in [2.75, 3.05) is 81.3 Å². The number of hydrogen-bond acceptors (Lipinski definition) is 12. The number of benzene rings is 3. The van der Waals surface area contributed by atoms with Crippen molar-refractivity contribution >= 4 is 79.9 Å². The second kappa shape index (κ2) is 21.3. The molecular formula is C50H60BrF3N9O4P. The second-order valence-electron chi connectivity index (χ2n) is 18.2. The Bertz CT molecular complexity index is 2720. The highest BCUT2D eigenvalue weighted by atomic mass is 79.9. The minimum atomic E-state index is -2.93. The number of halogens is 4. The van der Waals surface area contributed by atoms with E-state index >= 15 is 13.2 Å². The van der Waals surface area contributed by atoms with Gasteiger partial charge in [0.25, 0.3) is 0 Å². The van der Waals surface area contributed by atoms with Crippen molar-refractivity contribution in [2.45, 2.75) is 84.1 Å². The third-order valence-electron chi connectivity index (χ3n) is 13.4. The van der Waals surface area contributed by atoms with E-state index in [9.17, 15) is 14.2 Å². The molecule has 5 heterocycles. The summed E-state index contributed by atoms with van der Waals surface area (Å²) in [5.41, 5.74) is 4.62. The Morgan fingerprint density at radius 1 is 0.868 bits per heavy atom. The van der Waals surface area contributed by atoms with E-state index in [1.165, 1.54) is 18.2 Å². The average Bonchev–Trinajstić information content (AvgIpc) is 3.31. The van der Waals surface area contributed by atoms with Gasteiger partial charge in [-0.2, -0.15) is 4.98 Å². The Labute approximate surface area is 404 Å². The van der Waals surface area contributed by atoms with Gasteiger partial charge in [-0.15, -0.1) is 0 Å². The molecule has 0 aliphatic carbocycles. The quantitative estimate of drug-likeness (QED) is 0.0641. The van der Waals surface area contributed by atoms with E-state index in [0.29, 0.717) is 69.4 Å². The number of anilines is 5. The molecule has 3 aromatic carbocycles. The number of hydrogen-bond donors (Lipinski definition) is 3. The van der Waals surface area contributed by atoms with Crippen LogP contribution in [-0.2, 0) is 33.4 Å². The molecule has 1 atom stereocenters. The number of fused-ring (bicyclic) bond motifs is 1. The first-order chi connectivity index (χ1) is 32.6. The van der Waals surface area contributed by atoms with Crippen molar-refractivity contribution in [2.24, 2.45) is 0 Å². The molecule has 3 aliphatic rings. The maximum absolute atomic E-state index is 15.6. The average molecular weight is 1020 g/mol. The van der Waals surface area contributed by atoms with Crippen molar-refractivity contribution in [1.82, 2.24) is 30.1 Å². The van der Waals surface area contributed by atoms with Gasteiger partial charge in [0.05, 0.1) is 28.4 Å². The van der Waals surface area contributed by atoms with Crippen molar-refractivity contribution in [3.8, 4) is 5.75 Å². The number of carbonyl (C=O) groups excluding carboxylic acids is 2. The Balaban J connectivity index is 0.874. The number of amides is 2. The summed E-state index contributed by atoms with van der Waals surface area (Å²) in [5, 5.41) is 9.81. The van der Waals surface area contributed by atoms with E-state index in [2.05, 4.69) is 75.6 Å². The topological polar surface area (TPSA) is 145 Å². The third-order valence-corrected chi connectivity index (χ3v) is 15.5. The fraction of sp³-hybridized carbons (Fsp3) is 0.460. The highest BCUT2D eigenvalue weighted by molar-refractivity contribution is 9.10. The summed E-state index contributed by atoms with van der Waals surface area (Å²) in [7, 11) is -2.93. The second-order valence-corrected chi connectivity index (χ2v) is 22.2. The number of pyridine rings is 1. The van der Waals surface area contributed by atoms with Crippen LogP contribution in [0.1, 0.15) is 81.2 Å². The molecule has 3 saturated heterocycles. The van der Waals surface area contributed by atoms with Crippen LogP contribution >= 0.6 is 23.1 Å². The van der Waals surface area contributed by atoms with E-state index in [1.54, 1.807) is 25.6 Å². The predicted octanol–water partition coefficient (Wildman–Crippen LogP) is 9.20. The first-order valence-corrected chi connectivity index (χ1v) is 27.1. The van der Waals surface area contributed by atoms with E-state index < -0.39 is 42.3 Å². The van der Waals surface area contributed by atoms with Crippen LogP contribution in [0.15, 0.2) is 53.1 Å². The predicted molar refractivity (Wildman–Crippen MR) is 267 cm³/mol. The monoisotopic (exact) mass is 1020 g/mol. The molecule has 68 heavy (non-hydrogen) atoms. The molecule has 8 rings (SSSR count). The molecule has 18 heteroatoms. The Kier molecular flexibility index (Phi) is 15.4. The van der Waals surface area contributed by atoms with Gasteiger partial charge in [-0.05, 0) is 123 Å². The summed E-state index contributed by atoms with van der Waals surface area (Å²) in [6.45, 7) is 16.3. The van der Waals surface area contributed by atoms with Crippen LogP contribution in [0.5, 0.6) is 5.75 Å². The Hall–Kier alpha value is -5.09. The standard InChI is InChI=1S/C50H60BrF3N9O4P/c1-6-31-26-40(58-50-55-29-36(51)48(60-50)57-41-27-39(54)46-35(47(41)68(4,5)66)12-11-32(7-2)56-46)43(67-8-3)28-42(31)63-18-15-33(16-19-63)62-22-20-61(21-23-62)17-9-10-30-24-37(52)45(38(53)25-30)34-13-14-44(64)59-49(34)65/h11-12,24-29,33-34H,6-10,13-23H2,1-5H3,(H,59,64,65)(H2,55,57,58,60). The van der Waals surface area contributed by atoms with Gasteiger partial charge in [0.2, 0.25) is 17.8 Å². The highest BCUT2D eigenvalue weighted by Crippen LogP contribution is 2.43. The number of nitrogens with one attached hydrogen (secondary N) is 3. The summed E-state index contributed by atoms with van der Waals surface area (Å²) in [4.78, 5) is 45.1. The first kappa shape index (κ1) is 49.3. The maximum atomic E-state index is 15.6. The van der Waals surface area contributed by atoms with E-state index in [0.717, 1.165) is 94.1 Å². The number of aromatic nitrogens is 3. The number of aryl methyl sites for hydroxylation is 3. The number of piperazine rings is 1. The number of ether oxygens (including phenoxy) is 1. The van der Waals surface area contributed by atoms with Crippen LogP contribution in [0.2, 0.25) is 0 Å². The van der Waals surface area contributed by atoms with Crippen LogP contribution in [0.25, 0.3) is 10.9 Å². The molecule has 5 aromatic rings. The van der Waals surface area contributed by atoms with E-state index in [4.69, 9.17) is 9.72 Å². The highest BCUT2D eigenvalue weighted by Gasteiger charge is 2.33. The fourth-order valence-electron chi connectivity index (χ4n) is 9.89. The molecule has 13 nitrogen and oxygen atoms in total. The molecule has 2 aromatic heterocycles. The lowest BCUT2D eigenvalue weighted by atomic mass is 9.88. The molecule has 1 unspecified atom stereocenters. The molecule has 362 valence electrons. The van der Waals surface area contributed by atoms with Crippen LogP contribution in [0, 0.1) is 17.5 Å². The zero-order chi connectivity index (χ0) is 48.3. The van der Waals surface area contributed by atoms with Crippen LogP contribution < -0.4 is 30.9 Å². The lowest BCUT2D eigenvalue weighted by Gasteiger charge is -2.43. The van der Waals surface area contributed by atoms with Crippen LogP contribution in [0.3, 0.4) is 0 Å². The van der Waals surface area contributed by atoms with Crippen molar-refractivity contribution in [1.29, 1.82) is 0 Å². The zero-order valence-corrected chi connectivity index (χ0v) is 41.8. The lowest BCUT2D eigenvalue weighted by molar-refractivity contribution is -0.134. The first-order valence-electron chi connectivity index (χ1n) is 23.7. The van der Waals surface area contributed by atoms with Crippen LogP contribution in [0.4, 0.5) is 42.0 Å². The van der Waals surface area contributed by atoms with Gasteiger partial charge in [0.1, 0.15) is 35.9 Å². The Morgan fingerprint density at radius 2 is 1.60 bits per heavy atom. The normalized spacial score (nSPS) is 17.7. The van der Waals surface area contributed by atoms with Gasteiger partial charge in [-0.1, -0.05) is 19.9 Å². The molecule has 3 aliphatic heterocycles. The molecule has 2 amide bonds. The largest absolute Gasteiger partial charge is 0.492 e. The number of carbonyl (C=O) groups is 2. The van der Waals surface area contributed by atoms with E-state index in [1.807, 2.05) is 19.9 Å². The maximum Gasteiger partial charge on any atom is 0.234 e. The summed E-state index contributed by atoms with van der Waals surface area (Å²) in [5.74, 6) is -2.71. The lowest BCUT2D eigenvalue weighted by Crippen LogP contribution is -2.53. The van der Waals surface area contributed by atoms with Gasteiger partial charge < -0.3 is 29.7 Å². The molecular weight excluding hydrogens is 958 g/mol. The molecule has 0 radical (unpaired) electrons. The van der Waals surface area contributed by atoms with E-state index in [-0.39, 0.29) is 23.9 Å². The molecule has 3 fully saturated rings. The number of piperidine rings is 2. The minimum absolute atomic E-state index is 0.0622. The Morgan fingerprint density at radius 3 is 2.26 bits per heavy atom. The molecule has 0 saturated carbocycles. The number of nitrogens with zero attached hydrogens (tertiary/aromatic N) is 6. The summed E-state index contributed by atoms with van der Waals surface area (Å²) in [6.07, 6.45) is 6.58. The zero-order valence-electron chi connectivity index (χ0n) is 39.4. The number of rotatable bonds is 16. The van der Waals surface area contributed by atoms with Gasteiger partial charge in [-0.25, -0.2) is 23.1 Å².